The van der Waals surface area contributed by atoms with E-state index in [0.29, 0.717) is 17.7 Å². The molecule has 7 heteroatoms. The van der Waals surface area contributed by atoms with Crippen LogP contribution in [-0.4, -0.2) is 40.6 Å². The number of likely N-dealkylation sites (N-methyl/N-ethyl adjacent to an activating group) is 1. The van der Waals surface area contributed by atoms with Crippen LogP contribution in [0.15, 0.2) is 103 Å². The molecule has 40 heavy (non-hydrogen) atoms. The summed E-state index contributed by atoms with van der Waals surface area (Å²) in [6, 6.07) is 29.6. The van der Waals surface area contributed by atoms with Gasteiger partial charge in [0.05, 0.1) is 24.4 Å². The second-order valence-electron chi connectivity index (χ2n) is 10.2. The highest BCUT2D eigenvalue weighted by Gasteiger charge is 2.33. The maximum absolute atomic E-state index is 12.7. The SMILES string of the molecule is C[C@@H](c1ccccc1)N(C)C[C@H]1C[C@@H](c2ccc(CO)cc2)O[C@@H](c2cccc(NC(=O)c3cccnc3)c2)O1. The van der Waals surface area contributed by atoms with Crippen molar-refractivity contribution < 1.29 is 19.4 Å². The van der Waals surface area contributed by atoms with Gasteiger partial charge in [0.2, 0.25) is 0 Å². The Balaban J connectivity index is 1.36. The highest BCUT2D eigenvalue weighted by atomic mass is 16.7. The number of hydrogen-bond acceptors (Lipinski definition) is 6. The van der Waals surface area contributed by atoms with E-state index in [-0.39, 0.29) is 30.8 Å². The van der Waals surface area contributed by atoms with Crippen LogP contribution in [0.3, 0.4) is 0 Å². The van der Waals surface area contributed by atoms with Crippen LogP contribution in [0.5, 0.6) is 0 Å². The van der Waals surface area contributed by atoms with E-state index < -0.39 is 6.29 Å². The van der Waals surface area contributed by atoms with Crippen LogP contribution < -0.4 is 5.32 Å². The van der Waals surface area contributed by atoms with Crippen molar-refractivity contribution in [3.05, 3.63) is 131 Å². The fourth-order valence-corrected chi connectivity index (χ4v) is 4.96. The Labute approximate surface area is 235 Å². The fraction of sp³-hybridized carbons (Fsp3) is 0.273. The molecule has 1 aromatic heterocycles. The van der Waals surface area contributed by atoms with Crippen molar-refractivity contribution in [3.63, 3.8) is 0 Å². The largest absolute Gasteiger partial charge is 0.392 e. The third-order valence-electron chi connectivity index (χ3n) is 7.39. The smallest absolute Gasteiger partial charge is 0.257 e. The van der Waals surface area contributed by atoms with Crippen LogP contribution in [0.2, 0.25) is 0 Å². The van der Waals surface area contributed by atoms with Crippen molar-refractivity contribution in [2.24, 2.45) is 0 Å². The molecule has 3 aromatic carbocycles. The third-order valence-corrected chi connectivity index (χ3v) is 7.39. The molecule has 1 aliphatic heterocycles. The lowest BCUT2D eigenvalue weighted by Gasteiger charge is -2.39. The van der Waals surface area contributed by atoms with Gasteiger partial charge in [-0.1, -0.05) is 66.7 Å². The molecule has 2 N–H and O–H groups in total. The standard InChI is InChI=1S/C33H35N3O4/c1-23(25-8-4-3-5-9-25)36(2)21-30-19-31(26-15-13-24(22-37)14-16-26)40-33(39-30)27-10-6-12-29(18-27)35-32(38)28-11-7-17-34-20-28/h3-18,20,23,30-31,33,37H,19,21-22H2,1-2H3,(H,35,38)/t23-,30+,31-,33-/m0/s1. The number of aromatic nitrogens is 1. The van der Waals surface area contributed by atoms with E-state index in [1.54, 1.807) is 18.3 Å². The number of aliphatic hydroxyl groups excluding tert-OH is 1. The van der Waals surface area contributed by atoms with Crippen LogP contribution >= 0.6 is 0 Å². The first-order valence-electron chi connectivity index (χ1n) is 13.6. The highest BCUT2D eigenvalue weighted by Crippen LogP contribution is 2.39. The van der Waals surface area contributed by atoms with E-state index in [9.17, 15) is 9.90 Å². The minimum atomic E-state index is -0.614. The van der Waals surface area contributed by atoms with Crippen molar-refractivity contribution in [1.82, 2.24) is 9.88 Å². The van der Waals surface area contributed by atoms with E-state index in [4.69, 9.17) is 9.47 Å². The van der Waals surface area contributed by atoms with E-state index in [0.717, 1.165) is 23.2 Å². The molecule has 0 radical (unpaired) electrons. The van der Waals surface area contributed by atoms with Crippen molar-refractivity contribution in [2.75, 3.05) is 18.9 Å². The molecule has 0 saturated carbocycles. The molecule has 1 amide bonds. The van der Waals surface area contributed by atoms with E-state index >= 15 is 0 Å². The summed E-state index contributed by atoms with van der Waals surface area (Å²) in [5, 5.41) is 12.4. The average molecular weight is 538 g/mol. The Morgan fingerprint density at radius 1 is 1.00 bits per heavy atom. The van der Waals surface area contributed by atoms with Crippen molar-refractivity contribution in [2.45, 2.75) is 44.5 Å². The molecular weight excluding hydrogens is 502 g/mol. The summed E-state index contributed by atoms with van der Waals surface area (Å²) < 4.78 is 13.1. The van der Waals surface area contributed by atoms with Gasteiger partial charge in [0.1, 0.15) is 0 Å². The van der Waals surface area contributed by atoms with Gasteiger partial charge in [-0.05, 0) is 54.9 Å². The lowest BCUT2D eigenvalue weighted by molar-refractivity contribution is -0.253. The number of anilines is 1. The van der Waals surface area contributed by atoms with Gasteiger partial charge in [-0.2, -0.15) is 0 Å². The molecule has 0 unspecified atom stereocenters. The number of ether oxygens (including phenoxy) is 2. The van der Waals surface area contributed by atoms with Crippen LogP contribution in [0, 0.1) is 0 Å². The first-order valence-corrected chi connectivity index (χ1v) is 13.6. The molecule has 0 bridgehead atoms. The molecule has 0 aliphatic carbocycles. The number of amides is 1. The number of pyridine rings is 1. The van der Waals surface area contributed by atoms with Crippen molar-refractivity contribution >= 4 is 11.6 Å². The Morgan fingerprint density at radius 3 is 2.52 bits per heavy atom. The van der Waals surface area contributed by atoms with E-state index in [2.05, 4.69) is 53.4 Å². The minimum Gasteiger partial charge on any atom is -0.392 e. The van der Waals surface area contributed by atoms with E-state index in [1.165, 1.54) is 11.8 Å². The van der Waals surface area contributed by atoms with Gasteiger partial charge >= 0.3 is 0 Å². The molecule has 4 aromatic rings. The predicted molar refractivity (Wildman–Crippen MR) is 155 cm³/mol. The normalized spacial score (nSPS) is 19.8. The van der Waals surface area contributed by atoms with Gasteiger partial charge in [-0.15, -0.1) is 0 Å². The summed E-state index contributed by atoms with van der Waals surface area (Å²) in [5.41, 5.74) is 5.11. The molecule has 4 atom stereocenters. The zero-order valence-corrected chi connectivity index (χ0v) is 22.8. The molecule has 5 rings (SSSR count). The monoisotopic (exact) mass is 537 g/mol. The summed E-state index contributed by atoms with van der Waals surface area (Å²) in [6.45, 7) is 2.92. The number of carbonyl (C=O) groups excluding carboxylic acids is 1. The third kappa shape index (κ3) is 6.81. The lowest BCUT2D eigenvalue weighted by atomic mass is 9.99. The maximum atomic E-state index is 12.7. The topological polar surface area (TPSA) is 83.9 Å². The van der Waals surface area contributed by atoms with Crippen LogP contribution in [-0.2, 0) is 16.1 Å². The number of nitrogens with zero attached hydrogens (tertiary/aromatic N) is 2. The predicted octanol–water partition coefficient (Wildman–Crippen LogP) is 6.06. The molecule has 0 spiro atoms. The molecule has 206 valence electrons. The van der Waals surface area contributed by atoms with Crippen LogP contribution in [0.4, 0.5) is 5.69 Å². The number of benzene rings is 3. The van der Waals surface area contributed by atoms with E-state index in [1.807, 2.05) is 54.6 Å². The summed E-state index contributed by atoms with van der Waals surface area (Å²) in [6.07, 6.45) is 2.97. The second kappa shape index (κ2) is 13.0. The Bertz CT molecular complexity index is 1380. The quantitative estimate of drug-likeness (QED) is 0.270. The summed E-state index contributed by atoms with van der Waals surface area (Å²) in [4.78, 5) is 19.0. The van der Waals surface area contributed by atoms with Gasteiger partial charge in [-0.3, -0.25) is 14.7 Å². The Morgan fingerprint density at radius 2 is 1.80 bits per heavy atom. The van der Waals surface area contributed by atoms with Gasteiger partial charge in [0, 0.05) is 42.7 Å². The molecular formula is C33H35N3O4. The minimum absolute atomic E-state index is 0.000109. The highest BCUT2D eigenvalue weighted by molar-refractivity contribution is 6.04. The van der Waals surface area contributed by atoms with Crippen molar-refractivity contribution in [1.29, 1.82) is 0 Å². The number of rotatable bonds is 9. The lowest BCUT2D eigenvalue weighted by Crippen LogP contribution is -2.38. The zero-order valence-electron chi connectivity index (χ0n) is 22.8. The molecule has 1 aliphatic rings. The number of hydrogen-bond donors (Lipinski definition) is 2. The summed E-state index contributed by atoms with van der Waals surface area (Å²) in [7, 11) is 2.12. The Kier molecular flexibility index (Phi) is 8.98. The second-order valence-corrected chi connectivity index (χ2v) is 10.2. The Hall–Kier alpha value is -3.88. The van der Waals surface area contributed by atoms with Gasteiger partial charge < -0.3 is 19.9 Å². The van der Waals surface area contributed by atoms with Gasteiger partial charge in [-0.25, -0.2) is 0 Å². The summed E-state index contributed by atoms with van der Waals surface area (Å²) in [5.74, 6) is -0.230. The summed E-state index contributed by atoms with van der Waals surface area (Å²) >= 11 is 0. The zero-order chi connectivity index (χ0) is 27.9. The number of nitrogens with one attached hydrogen (secondary N) is 1. The van der Waals surface area contributed by atoms with Gasteiger partial charge in [0.15, 0.2) is 6.29 Å². The molecule has 1 fully saturated rings. The first-order chi connectivity index (χ1) is 19.5. The maximum Gasteiger partial charge on any atom is 0.257 e. The fourth-order valence-electron chi connectivity index (χ4n) is 4.96. The first kappa shape index (κ1) is 27.7. The van der Waals surface area contributed by atoms with Gasteiger partial charge in [0.25, 0.3) is 5.91 Å². The molecule has 7 nitrogen and oxygen atoms in total. The van der Waals surface area contributed by atoms with Crippen LogP contribution in [0.1, 0.15) is 64.4 Å². The number of carbonyl (C=O) groups is 1. The van der Waals surface area contributed by atoms with Crippen molar-refractivity contribution in [3.8, 4) is 0 Å². The van der Waals surface area contributed by atoms with Crippen LogP contribution in [0.25, 0.3) is 0 Å². The molecule has 2 heterocycles. The number of aliphatic hydroxyl groups is 1. The average Bonchev–Trinajstić information content (AvgIpc) is 3.01. The molecule has 1 saturated heterocycles.